The van der Waals surface area contributed by atoms with E-state index in [1.807, 2.05) is 11.4 Å². The van der Waals surface area contributed by atoms with E-state index >= 15 is 0 Å². The van der Waals surface area contributed by atoms with E-state index in [0.29, 0.717) is 12.4 Å². The van der Waals surface area contributed by atoms with Crippen LogP contribution in [0.4, 0.5) is 11.5 Å². The number of anilines is 1. The second-order valence-corrected chi connectivity index (χ2v) is 5.24. The van der Waals surface area contributed by atoms with Gasteiger partial charge in [0.2, 0.25) is 0 Å². The van der Waals surface area contributed by atoms with Gasteiger partial charge in [0.25, 0.3) is 0 Å². The molecule has 0 saturated heterocycles. The zero-order valence-corrected chi connectivity index (χ0v) is 11.1. The Morgan fingerprint density at radius 2 is 2.44 bits per heavy atom. The fourth-order valence-corrected chi connectivity index (χ4v) is 2.77. The van der Waals surface area contributed by atoms with Crippen molar-refractivity contribution in [1.82, 2.24) is 9.36 Å². The summed E-state index contributed by atoms with van der Waals surface area (Å²) in [5.41, 5.74) is 1.16. The normalized spacial score (nSPS) is 10.4. The summed E-state index contributed by atoms with van der Waals surface area (Å²) in [6, 6.07) is 3.45. The molecule has 0 aliphatic heterocycles. The SMILES string of the molecule is O=[N+]([O-])c1cc[nH]c1NCCSCc1ccsn1. The Kier molecular flexibility index (Phi) is 4.59. The summed E-state index contributed by atoms with van der Waals surface area (Å²) in [7, 11) is 0. The van der Waals surface area contributed by atoms with Crippen LogP contribution in [0.5, 0.6) is 0 Å². The lowest BCUT2D eigenvalue weighted by Crippen LogP contribution is -2.06. The highest BCUT2D eigenvalue weighted by molar-refractivity contribution is 7.98. The van der Waals surface area contributed by atoms with Crippen LogP contribution in [-0.4, -0.2) is 26.6 Å². The summed E-state index contributed by atoms with van der Waals surface area (Å²) >= 11 is 3.19. The number of aromatic nitrogens is 2. The summed E-state index contributed by atoms with van der Waals surface area (Å²) in [6.45, 7) is 0.677. The molecular weight excluding hydrogens is 272 g/mol. The Labute approximate surface area is 112 Å². The first-order chi connectivity index (χ1) is 8.77. The van der Waals surface area contributed by atoms with Crippen LogP contribution in [0.25, 0.3) is 0 Å². The number of nitrogens with one attached hydrogen (secondary N) is 2. The largest absolute Gasteiger partial charge is 0.365 e. The van der Waals surface area contributed by atoms with Crippen molar-refractivity contribution in [2.75, 3.05) is 17.6 Å². The molecule has 2 aromatic rings. The number of H-pyrrole nitrogens is 1. The predicted octanol–water partition coefficient (Wildman–Crippen LogP) is 2.72. The van der Waals surface area contributed by atoms with E-state index in [1.165, 1.54) is 17.6 Å². The molecule has 96 valence electrons. The van der Waals surface area contributed by atoms with E-state index in [4.69, 9.17) is 0 Å². The van der Waals surface area contributed by atoms with Crippen molar-refractivity contribution in [3.63, 3.8) is 0 Å². The van der Waals surface area contributed by atoms with Crippen molar-refractivity contribution in [3.8, 4) is 0 Å². The van der Waals surface area contributed by atoms with Crippen molar-refractivity contribution in [2.45, 2.75) is 5.75 Å². The molecule has 6 nitrogen and oxygen atoms in total. The summed E-state index contributed by atoms with van der Waals surface area (Å²) in [5.74, 6) is 2.21. The number of rotatable bonds is 7. The summed E-state index contributed by atoms with van der Waals surface area (Å²) < 4.78 is 4.21. The summed E-state index contributed by atoms with van der Waals surface area (Å²) in [5, 5.41) is 15.6. The number of nitrogens with zero attached hydrogens (tertiary/aromatic N) is 2. The van der Waals surface area contributed by atoms with Gasteiger partial charge in [-0.2, -0.15) is 16.1 Å². The maximum absolute atomic E-state index is 10.7. The van der Waals surface area contributed by atoms with Crippen LogP contribution >= 0.6 is 23.3 Å². The molecular formula is C10H12N4O2S2. The predicted molar refractivity (Wildman–Crippen MR) is 74.2 cm³/mol. The second-order valence-electron chi connectivity index (χ2n) is 3.47. The average Bonchev–Trinajstić information content (AvgIpc) is 2.98. The van der Waals surface area contributed by atoms with Crippen LogP contribution in [0, 0.1) is 10.1 Å². The minimum absolute atomic E-state index is 0.0829. The number of hydrogen-bond acceptors (Lipinski definition) is 6. The molecule has 0 atom stereocenters. The monoisotopic (exact) mass is 284 g/mol. The lowest BCUT2D eigenvalue weighted by molar-refractivity contribution is -0.383. The third-order valence-electron chi connectivity index (χ3n) is 2.21. The van der Waals surface area contributed by atoms with E-state index in [1.54, 1.807) is 18.0 Å². The van der Waals surface area contributed by atoms with Crippen LogP contribution < -0.4 is 5.32 Å². The van der Waals surface area contributed by atoms with E-state index in [9.17, 15) is 10.1 Å². The lowest BCUT2D eigenvalue weighted by Gasteiger charge is -2.03. The minimum Gasteiger partial charge on any atom is -0.365 e. The molecule has 0 amide bonds. The van der Waals surface area contributed by atoms with Gasteiger partial charge in [-0.25, -0.2) is 0 Å². The Balaban J connectivity index is 1.69. The highest BCUT2D eigenvalue weighted by Crippen LogP contribution is 2.21. The second kappa shape index (κ2) is 6.41. The topological polar surface area (TPSA) is 83.8 Å². The lowest BCUT2D eigenvalue weighted by atomic mass is 10.5. The molecule has 0 bridgehead atoms. The number of thioether (sulfide) groups is 1. The molecule has 2 N–H and O–H groups in total. The standard InChI is InChI=1S/C10H12N4O2S2/c15-14(16)9-1-3-11-10(9)12-4-6-17-7-8-2-5-18-13-8/h1-3,5,11-12H,4,6-7H2. The fourth-order valence-electron chi connectivity index (χ4n) is 1.39. The van der Waals surface area contributed by atoms with Gasteiger partial charge in [-0.3, -0.25) is 10.1 Å². The Bertz CT molecular complexity index is 498. The Morgan fingerprint density at radius 1 is 1.56 bits per heavy atom. The van der Waals surface area contributed by atoms with E-state index in [2.05, 4.69) is 14.7 Å². The van der Waals surface area contributed by atoms with E-state index in [0.717, 1.165) is 17.2 Å². The molecule has 0 fully saturated rings. The van der Waals surface area contributed by atoms with Crippen LogP contribution in [0.1, 0.15) is 5.69 Å². The van der Waals surface area contributed by atoms with Crippen molar-refractivity contribution in [2.24, 2.45) is 0 Å². The first-order valence-electron chi connectivity index (χ1n) is 5.30. The van der Waals surface area contributed by atoms with E-state index < -0.39 is 4.92 Å². The first kappa shape index (κ1) is 12.9. The van der Waals surface area contributed by atoms with Gasteiger partial charge in [-0.1, -0.05) is 0 Å². The molecule has 0 unspecified atom stereocenters. The average molecular weight is 284 g/mol. The van der Waals surface area contributed by atoms with Gasteiger partial charge in [-0.15, -0.1) is 0 Å². The maximum atomic E-state index is 10.7. The van der Waals surface area contributed by atoms with Gasteiger partial charge in [0.15, 0.2) is 5.82 Å². The molecule has 0 radical (unpaired) electrons. The highest BCUT2D eigenvalue weighted by atomic mass is 32.2. The molecule has 18 heavy (non-hydrogen) atoms. The third kappa shape index (κ3) is 3.47. The van der Waals surface area contributed by atoms with Crippen molar-refractivity contribution in [3.05, 3.63) is 39.5 Å². The van der Waals surface area contributed by atoms with Gasteiger partial charge >= 0.3 is 5.69 Å². The quantitative estimate of drug-likeness (QED) is 0.464. The summed E-state index contributed by atoms with van der Waals surface area (Å²) in [4.78, 5) is 13.1. The Morgan fingerprint density at radius 3 is 3.17 bits per heavy atom. The summed E-state index contributed by atoms with van der Waals surface area (Å²) in [6.07, 6.45) is 1.56. The molecule has 0 aromatic carbocycles. The molecule has 2 rings (SSSR count). The van der Waals surface area contributed by atoms with Crippen molar-refractivity contribution >= 4 is 34.8 Å². The van der Waals surface area contributed by atoms with Crippen molar-refractivity contribution < 1.29 is 4.92 Å². The van der Waals surface area contributed by atoms with Gasteiger partial charge in [0, 0.05) is 35.7 Å². The minimum atomic E-state index is -0.402. The zero-order valence-electron chi connectivity index (χ0n) is 9.46. The van der Waals surface area contributed by atoms with Crippen LogP contribution in [0.15, 0.2) is 23.7 Å². The van der Waals surface area contributed by atoms with Gasteiger partial charge in [-0.05, 0) is 17.6 Å². The van der Waals surface area contributed by atoms with E-state index in [-0.39, 0.29) is 5.69 Å². The molecule has 2 aromatic heterocycles. The van der Waals surface area contributed by atoms with Crippen molar-refractivity contribution in [1.29, 1.82) is 0 Å². The molecule has 0 saturated carbocycles. The van der Waals surface area contributed by atoms with Gasteiger partial charge in [0.1, 0.15) is 0 Å². The molecule has 8 heteroatoms. The van der Waals surface area contributed by atoms with Crippen LogP contribution in [-0.2, 0) is 5.75 Å². The Hall–Kier alpha value is -1.54. The fraction of sp³-hybridized carbons (Fsp3) is 0.300. The number of nitro groups is 1. The van der Waals surface area contributed by atoms with Gasteiger partial charge < -0.3 is 10.3 Å². The highest BCUT2D eigenvalue weighted by Gasteiger charge is 2.13. The third-order valence-corrected chi connectivity index (χ3v) is 3.80. The van der Waals surface area contributed by atoms with Gasteiger partial charge in [0.05, 0.1) is 10.6 Å². The molecule has 2 heterocycles. The molecule has 0 aliphatic rings. The number of aromatic amines is 1. The smallest absolute Gasteiger partial charge is 0.310 e. The molecule has 0 aliphatic carbocycles. The number of hydrogen-bond donors (Lipinski definition) is 2. The molecule has 0 spiro atoms. The zero-order chi connectivity index (χ0) is 12.8. The maximum Gasteiger partial charge on any atom is 0.310 e. The van der Waals surface area contributed by atoms with Crippen LogP contribution in [0.2, 0.25) is 0 Å². The van der Waals surface area contributed by atoms with Crippen LogP contribution in [0.3, 0.4) is 0 Å². The first-order valence-corrected chi connectivity index (χ1v) is 7.29.